The summed E-state index contributed by atoms with van der Waals surface area (Å²) in [6.07, 6.45) is 0. The molecule has 0 N–H and O–H groups in total. The van der Waals surface area contributed by atoms with Gasteiger partial charge in [-0.05, 0) is 240 Å². The molecule has 3 aliphatic carbocycles. The molecule has 15 heteroatoms. The van der Waals surface area contributed by atoms with E-state index in [4.69, 9.17) is 14.2 Å². The van der Waals surface area contributed by atoms with Crippen LogP contribution < -0.4 is 45.3 Å². The molecule has 135 heavy (non-hydrogen) atoms. The van der Waals surface area contributed by atoms with Crippen molar-refractivity contribution < 1.29 is 39.5 Å². The summed E-state index contributed by atoms with van der Waals surface area (Å²) in [4.78, 5) is 1.97. The summed E-state index contributed by atoms with van der Waals surface area (Å²) in [6.45, 7) is 28.2. The maximum Gasteiger partial charge on any atom is 0.207 e. The highest BCUT2D eigenvalue weighted by atomic mass is 32.2. The summed E-state index contributed by atoms with van der Waals surface area (Å²) < 4.78 is 99.4. The lowest BCUT2D eigenvalue weighted by Gasteiger charge is -2.40. The van der Waals surface area contributed by atoms with Crippen LogP contribution in [0.4, 0.5) is 0 Å². The normalized spacial score (nSPS) is 16.5. The smallest absolute Gasteiger partial charge is 0.207 e. The summed E-state index contributed by atoms with van der Waals surface area (Å²) >= 11 is 0. The van der Waals surface area contributed by atoms with E-state index in [1.807, 2.05) is 60.7 Å². The van der Waals surface area contributed by atoms with E-state index in [0.29, 0.717) is 29.4 Å². The maximum absolute atomic E-state index is 13.5. The summed E-state index contributed by atoms with van der Waals surface area (Å²) in [5, 5.41) is 7.28. The fraction of sp³-hybridized carbons (Fsp3) is 0.150. The lowest BCUT2D eigenvalue weighted by molar-refractivity contribution is 0.485. The molecule has 0 bridgehead atoms. The molecule has 17 aromatic carbocycles. The van der Waals surface area contributed by atoms with Gasteiger partial charge in [0.2, 0.25) is 29.5 Å². The molecule has 0 amide bonds. The Kier molecular flexibility index (Phi) is 20.6. The molecule has 24 rings (SSSR count). The van der Waals surface area contributed by atoms with Gasteiger partial charge >= 0.3 is 0 Å². The van der Waals surface area contributed by atoms with Gasteiger partial charge in [-0.2, -0.15) is 0 Å². The Bertz CT molecular complexity index is 8000. The van der Waals surface area contributed by atoms with Crippen LogP contribution in [0, 0.1) is 0 Å². The van der Waals surface area contributed by atoms with Gasteiger partial charge in [-0.1, -0.05) is 360 Å². The minimum atomic E-state index is -3.64. The number of rotatable bonds is 9. The number of hydrogen-bond donors (Lipinski definition) is 0. The monoisotopic (exact) mass is 1870 g/mol. The van der Waals surface area contributed by atoms with Crippen LogP contribution in [0.5, 0.6) is 34.5 Å². The number of benzene rings is 17. The Morgan fingerprint density at radius 1 is 0.237 bits per heavy atom. The molecule has 17 aromatic rings. The summed E-state index contributed by atoms with van der Waals surface area (Å²) in [5.74, 6) is 5.73. The zero-order chi connectivity index (χ0) is 93.4. The Labute approximate surface area is 795 Å². The second kappa shape index (κ2) is 31.9. The molecule has 0 saturated heterocycles. The van der Waals surface area contributed by atoms with Gasteiger partial charge in [-0.25, -0.2) is 25.3 Å². The number of fused-ring (bicyclic) bond motifs is 15. The first-order chi connectivity index (χ1) is 64.7. The molecule has 7 aliphatic rings. The fourth-order valence-corrected chi connectivity index (χ4v) is 35.8. The van der Waals surface area contributed by atoms with Crippen molar-refractivity contribution in [1.82, 2.24) is 0 Å². The molecule has 9 nitrogen and oxygen atoms in total. The minimum Gasteiger partial charge on any atom is -0.458 e. The first-order valence-electron chi connectivity index (χ1n) is 46.4. The molecule has 0 saturated carbocycles. The van der Waals surface area contributed by atoms with Crippen LogP contribution in [-0.2, 0) is 45.8 Å². The predicted molar refractivity (Wildman–Crippen MR) is 553 cm³/mol. The van der Waals surface area contributed by atoms with Gasteiger partial charge in [0, 0.05) is 45.1 Å². The van der Waals surface area contributed by atoms with Crippen LogP contribution in [0.2, 0.25) is 39.3 Å². The topological polar surface area (TPSA) is 130 Å². The zero-order valence-corrected chi connectivity index (χ0v) is 83.0. The van der Waals surface area contributed by atoms with Crippen molar-refractivity contribution in [2.24, 2.45) is 0 Å². The van der Waals surface area contributed by atoms with Gasteiger partial charge in [0.05, 0.1) is 29.4 Å². The van der Waals surface area contributed by atoms with E-state index in [0.717, 1.165) is 73.1 Å². The lowest BCUT2D eigenvalue weighted by atomic mass is 9.64. The van der Waals surface area contributed by atoms with E-state index < -0.39 is 53.7 Å². The Balaban J connectivity index is 0.000000118. The third kappa shape index (κ3) is 14.0. The summed E-state index contributed by atoms with van der Waals surface area (Å²) in [6, 6.07) is 129. The molecule has 0 atom stereocenters. The van der Waals surface area contributed by atoms with Gasteiger partial charge < -0.3 is 14.2 Å². The van der Waals surface area contributed by atoms with Gasteiger partial charge in [-0.3, -0.25) is 0 Å². The first kappa shape index (κ1) is 87.0. The Hall–Kier alpha value is -13.4. The molecule has 0 aromatic heterocycles. The van der Waals surface area contributed by atoms with Gasteiger partial charge in [0.25, 0.3) is 0 Å². The number of ether oxygens (including phenoxy) is 3. The van der Waals surface area contributed by atoms with Crippen molar-refractivity contribution in [3.8, 4) is 67.9 Å². The van der Waals surface area contributed by atoms with Crippen LogP contribution in [0.25, 0.3) is 33.4 Å². The van der Waals surface area contributed by atoms with Crippen LogP contribution in [0.15, 0.2) is 412 Å². The highest BCUT2D eigenvalue weighted by molar-refractivity contribution is 7.92. The van der Waals surface area contributed by atoms with E-state index >= 15 is 0 Å². The number of hydrogen-bond acceptors (Lipinski definition) is 9. The summed E-state index contributed by atoms with van der Waals surface area (Å²) in [5.41, 5.74) is 25.6. The van der Waals surface area contributed by atoms with E-state index in [1.54, 1.807) is 84.9 Å². The van der Waals surface area contributed by atoms with Crippen LogP contribution in [0.3, 0.4) is 0 Å². The molecule has 0 spiro atoms. The second-order valence-corrected chi connectivity index (χ2v) is 58.9. The predicted octanol–water partition coefficient (Wildman–Crippen LogP) is 25.1. The van der Waals surface area contributed by atoms with Crippen molar-refractivity contribution in [2.45, 2.75) is 144 Å². The van der Waals surface area contributed by atoms with Crippen molar-refractivity contribution in [1.29, 1.82) is 0 Å². The highest BCUT2D eigenvalue weighted by Crippen LogP contribution is 2.55. The third-order valence-corrected chi connectivity index (χ3v) is 46.1. The molecule has 4 aliphatic heterocycles. The minimum absolute atomic E-state index is 0.0751. The molecule has 0 radical (unpaired) electrons. The average Bonchev–Trinajstić information content (AvgIpc) is 0.846. The molecule has 4 heterocycles. The van der Waals surface area contributed by atoms with Crippen molar-refractivity contribution in [3.63, 3.8) is 0 Å². The Morgan fingerprint density at radius 2 is 0.489 bits per heavy atom. The lowest BCUT2D eigenvalue weighted by Crippen LogP contribution is -2.56. The van der Waals surface area contributed by atoms with Crippen molar-refractivity contribution in [2.75, 3.05) is 0 Å². The van der Waals surface area contributed by atoms with E-state index in [9.17, 15) is 25.3 Å². The highest BCUT2D eigenvalue weighted by Gasteiger charge is 2.47. The fourth-order valence-electron chi connectivity index (χ4n) is 22.9. The number of sulfone groups is 3. The zero-order valence-electron chi connectivity index (χ0n) is 77.5. The standard InChI is InChI=1S/C42H34O3SSi.C42H36O3SSi.C36H32O3SSi/c1-42(2)33-14-8-5-12-30(33)41(31-13-6-9-15-34(31)42)28-18-21-36-40(25-28)47(3,4)39-24-27(17-20-35(39)45-36)26-19-22-38-32(23-26)29-11-7-10-16-37(29)46(38,43)44;1-42(2)35-16-10-8-14-33(35)41(34-15-9-11-17-36(34)42)30-21-25-38-40(27-30)47(3,4)39-26-29(20-24-37(39)45-38)28-18-22-32(23-19-28)46(43,44)31-12-6-5-7-13-31;1-36(2)29-16-10-8-14-27(29)35(28-15-9-11-17-30(28)36)24-18-20-31-33(22-24)41(3,4)34-23-26(19-21-32(34)39-31)40(37,38)25-12-6-5-7-13-25/h5-25,41H,1-4H3;5-27,41H,1-4H3;5-23,35H,1-4H3. The first-order valence-corrected chi connectivity index (χ1v) is 59.8. The third-order valence-electron chi connectivity index (χ3n) is 30.3. The quantitative estimate of drug-likeness (QED) is 0.130. The average molecular weight is 1870 g/mol. The van der Waals surface area contributed by atoms with E-state index in [1.165, 1.54) is 109 Å². The SMILES string of the molecule is CC1(C)c2ccccc2C(c2ccc3c(c2)[Si](C)(C)c2cc(-c4ccc(S(=O)(=O)c5ccccc5)cc4)ccc2O3)c2ccccc21.CC1(C)c2ccccc2C(c2ccc3c(c2)[Si](C)(C)c2cc(-c4ccc5c(c4)-c4ccccc4S5(=O)=O)ccc2O3)c2ccccc21.CC1(C)c2ccccc2C(c2ccc3c(c2)[Si](C)(C)c2cc(S(=O)(=O)c4ccccc4)ccc2O3)c2ccccc21. The largest absolute Gasteiger partial charge is 0.458 e. The Morgan fingerprint density at radius 3 is 0.859 bits per heavy atom. The van der Waals surface area contributed by atoms with Gasteiger partial charge in [0.1, 0.15) is 58.7 Å². The maximum atomic E-state index is 13.5. The van der Waals surface area contributed by atoms with Crippen molar-refractivity contribution in [3.05, 3.63) is 466 Å². The van der Waals surface area contributed by atoms with Crippen molar-refractivity contribution >= 4 is 84.9 Å². The summed E-state index contributed by atoms with van der Waals surface area (Å²) in [7, 11) is -17.5. The molecular formula is C120H102O9S3Si3. The van der Waals surface area contributed by atoms with Crippen LogP contribution in [-0.4, -0.2) is 49.5 Å². The molecule has 0 unspecified atom stereocenters. The molecular weight excluding hydrogens is 1770 g/mol. The molecule has 0 fully saturated rings. The van der Waals surface area contributed by atoms with Crippen LogP contribution >= 0.6 is 0 Å². The van der Waals surface area contributed by atoms with Crippen LogP contribution in [0.1, 0.15) is 143 Å². The van der Waals surface area contributed by atoms with Gasteiger partial charge in [0.15, 0.2) is 0 Å². The van der Waals surface area contributed by atoms with Gasteiger partial charge in [-0.15, -0.1) is 0 Å². The molecule has 666 valence electrons. The second-order valence-electron chi connectivity index (χ2n) is 40.1. The van der Waals surface area contributed by atoms with E-state index in [-0.39, 0.29) is 34.0 Å². The van der Waals surface area contributed by atoms with E-state index in [2.05, 4.69) is 317 Å².